The minimum absolute atomic E-state index is 0.0972. The lowest BCUT2D eigenvalue weighted by Gasteiger charge is -2.33. The number of hydrogen-bond donors (Lipinski definition) is 3. The summed E-state index contributed by atoms with van der Waals surface area (Å²) in [5.41, 5.74) is -0.630. The van der Waals surface area contributed by atoms with Gasteiger partial charge in [-0.05, 0) is 57.1 Å². The number of esters is 2. The van der Waals surface area contributed by atoms with E-state index in [1.54, 1.807) is 13.0 Å². The summed E-state index contributed by atoms with van der Waals surface area (Å²) < 4.78 is 22.8. The largest absolute Gasteiger partial charge is 0.457 e. The average Bonchev–Trinajstić information content (AvgIpc) is 3.74. The van der Waals surface area contributed by atoms with Crippen molar-refractivity contribution in [2.24, 2.45) is 17.8 Å². The molecule has 3 heterocycles. The summed E-state index contributed by atoms with van der Waals surface area (Å²) >= 11 is 0. The van der Waals surface area contributed by atoms with Crippen molar-refractivity contribution in [1.29, 1.82) is 0 Å². The van der Waals surface area contributed by atoms with E-state index in [0.29, 0.717) is 32.7 Å². The molecule has 0 aliphatic carbocycles. The highest BCUT2D eigenvalue weighted by Crippen LogP contribution is 2.36. The lowest BCUT2D eigenvalue weighted by Crippen LogP contribution is -2.45. The Kier molecular flexibility index (Phi) is 14.1. The second kappa shape index (κ2) is 17.0. The minimum atomic E-state index is -1.45. The number of hydrogen-bond acceptors (Lipinski definition) is 10. The van der Waals surface area contributed by atoms with Crippen molar-refractivity contribution in [2.45, 2.75) is 116 Å². The van der Waals surface area contributed by atoms with Crippen LogP contribution in [0.3, 0.4) is 0 Å². The molecule has 0 saturated carbocycles. The molecule has 3 rings (SSSR count). The van der Waals surface area contributed by atoms with Crippen molar-refractivity contribution >= 4 is 11.9 Å². The quantitative estimate of drug-likeness (QED) is 0.136. The van der Waals surface area contributed by atoms with Crippen molar-refractivity contribution in [1.82, 2.24) is 4.90 Å². The lowest BCUT2D eigenvalue weighted by molar-refractivity contribution is -0.161. The monoisotopic (exact) mass is 621 g/mol. The Morgan fingerprint density at radius 3 is 2.64 bits per heavy atom. The first kappa shape index (κ1) is 36.4. The second-order valence-electron chi connectivity index (χ2n) is 13.2. The van der Waals surface area contributed by atoms with E-state index in [9.17, 15) is 24.9 Å². The molecule has 0 radical (unpaired) electrons. The number of epoxide rings is 1. The third-order valence-electron chi connectivity index (χ3n) is 9.06. The van der Waals surface area contributed by atoms with Gasteiger partial charge in [-0.15, -0.1) is 0 Å². The Bertz CT molecular complexity index is 1020. The van der Waals surface area contributed by atoms with E-state index in [1.165, 1.54) is 0 Å². The number of ether oxygens (including phenoxy) is 4. The molecule has 10 atom stereocenters. The van der Waals surface area contributed by atoms with Gasteiger partial charge in [0.15, 0.2) is 0 Å². The van der Waals surface area contributed by atoms with E-state index in [1.807, 2.05) is 50.8 Å². The van der Waals surface area contributed by atoms with Crippen LogP contribution in [0.4, 0.5) is 0 Å². The molecule has 0 spiro atoms. The Morgan fingerprint density at radius 1 is 1.25 bits per heavy atom. The smallest absolute Gasteiger partial charge is 0.320 e. The highest BCUT2D eigenvalue weighted by atomic mass is 16.6. The number of allylic oxidation sites excluding steroid dienone is 3. The molecule has 10 nitrogen and oxygen atoms in total. The van der Waals surface area contributed by atoms with Gasteiger partial charge >= 0.3 is 11.9 Å². The third-order valence-corrected chi connectivity index (χ3v) is 9.06. The summed E-state index contributed by atoms with van der Waals surface area (Å²) in [6.45, 7) is 14.0. The highest BCUT2D eigenvalue weighted by molar-refractivity contribution is 5.72. The fourth-order valence-corrected chi connectivity index (χ4v) is 5.91. The van der Waals surface area contributed by atoms with E-state index in [0.717, 1.165) is 12.0 Å². The van der Waals surface area contributed by atoms with Gasteiger partial charge in [0.25, 0.3) is 0 Å². The molecule has 2 fully saturated rings. The number of aliphatic hydroxyl groups is 3. The zero-order valence-corrected chi connectivity index (χ0v) is 27.4. The van der Waals surface area contributed by atoms with Crippen LogP contribution in [0.25, 0.3) is 0 Å². The first-order chi connectivity index (χ1) is 20.8. The first-order valence-electron chi connectivity index (χ1n) is 16.3. The van der Waals surface area contributed by atoms with Gasteiger partial charge < -0.3 is 34.3 Å². The zero-order chi connectivity index (χ0) is 32.4. The van der Waals surface area contributed by atoms with Crippen molar-refractivity contribution in [3.05, 3.63) is 36.0 Å². The van der Waals surface area contributed by atoms with Gasteiger partial charge in [-0.1, -0.05) is 52.0 Å². The van der Waals surface area contributed by atoms with Crippen molar-refractivity contribution in [3.8, 4) is 0 Å². The van der Waals surface area contributed by atoms with Gasteiger partial charge in [-0.25, -0.2) is 0 Å². The maximum atomic E-state index is 12.8. The van der Waals surface area contributed by atoms with Gasteiger partial charge in [0.05, 0.1) is 50.6 Å². The van der Waals surface area contributed by atoms with Crippen molar-refractivity contribution < 1.29 is 43.9 Å². The molecule has 10 unspecified atom stereocenters. The number of morpholine rings is 1. The second-order valence-corrected chi connectivity index (χ2v) is 13.2. The molecule has 44 heavy (non-hydrogen) atoms. The normalized spacial score (nSPS) is 35.6. The van der Waals surface area contributed by atoms with E-state index >= 15 is 0 Å². The van der Waals surface area contributed by atoms with Gasteiger partial charge in [0, 0.05) is 24.9 Å². The van der Waals surface area contributed by atoms with Gasteiger partial charge in [0.1, 0.15) is 17.8 Å². The maximum absolute atomic E-state index is 12.8. The molecule has 0 bridgehead atoms. The molecule has 3 aliphatic rings. The fourth-order valence-electron chi connectivity index (χ4n) is 5.91. The maximum Gasteiger partial charge on any atom is 0.320 e. The van der Waals surface area contributed by atoms with Crippen LogP contribution in [0, 0.1) is 17.8 Å². The molecule has 0 aromatic carbocycles. The molecule has 2 saturated heterocycles. The highest BCUT2D eigenvalue weighted by Gasteiger charge is 2.45. The van der Waals surface area contributed by atoms with Crippen LogP contribution >= 0.6 is 0 Å². The predicted molar refractivity (Wildman–Crippen MR) is 167 cm³/mol. The predicted octanol–water partition coefficient (Wildman–Crippen LogP) is 3.33. The molecule has 0 aromatic rings. The van der Waals surface area contributed by atoms with E-state index in [4.69, 9.17) is 18.9 Å². The minimum Gasteiger partial charge on any atom is -0.457 e. The van der Waals surface area contributed by atoms with E-state index in [-0.39, 0.29) is 61.9 Å². The number of aliphatic hydroxyl groups excluding tert-OH is 2. The van der Waals surface area contributed by atoms with Crippen LogP contribution in [0.5, 0.6) is 0 Å². The van der Waals surface area contributed by atoms with E-state index in [2.05, 4.69) is 13.0 Å². The van der Waals surface area contributed by atoms with Gasteiger partial charge in [-0.3, -0.25) is 14.5 Å². The summed E-state index contributed by atoms with van der Waals surface area (Å²) in [4.78, 5) is 27.6. The summed E-state index contributed by atoms with van der Waals surface area (Å²) in [7, 11) is 0. The molecule has 250 valence electrons. The molecular formula is C34H55NO9. The van der Waals surface area contributed by atoms with Crippen molar-refractivity contribution in [3.63, 3.8) is 0 Å². The first-order valence-corrected chi connectivity index (χ1v) is 16.3. The van der Waals surface area contributed by atoms with Crippen LogP contribution in [0.15, 0.2) is 36.0 Å². The molecule has 0 amide bonds. The summed E-state index contributed by atoms with van der Waals surface area (Å²) in [6.07, 6.45) is 8.43. The zero-order valence-electron chi connectivity index (χ0n) is 27.4. The summed E-state index contributed by atoms with van der Waals surface area (Å²) in [5, 5.41) is 32.0. The molecule has 0 aromatic heterocycles. The Labute approximate surface area is 263 Å². The summed E-state index contributed by atoms with van der Waals surface area (Å²) in [5.74, 6) is -0.896. The number of carbonyl (C=O) groups excluding carboxylic acids is 2. The molecular weight excluding hydrogens is 566 g/mol. The Balaban J connectivity index is 1.69. The van der Waals surface area contributed by atoms with Crippen LogP contribution in [-0.2, 0) is 28.5 Å². The molecule has 10 heteroatoms. The van der Waals surface area contributed by atoms with Crippen LogP contribution < -0.4 is 0 Å². The summed E-state index contributed by atoms with van der Waals surface area (Å²) in [6, 6.07) is 0. The van der Waals surface area contributed by atoms with Gasteiger partial charge in [-0.2, -0.15) is 0 Å². The topological polar surface area (TPSA) is 138 Å². The van der Waals surface area contributed by atoms with Crippen LogP contribution in [0.2, 0.25) is 0 Å². The average molecular weight is 622 g/mol. The number of cyclic esters (lactones) is 1. The Morgan fingerprint density at radius 2 is 1.95 bits per heavy atom. The number of rotatable bonds is 11. The van der Waals surface area contributed by atoms with Crippen molar-refractivity contribution in [2.75, 3.05) is 32.8 Å². The third kappa shape index (κ3) is 11.4. The van der Waals surface area contributed by atoms with Crippen LogP contribution in [-0.4, -0.2) is 107 Å². The SMILES string of the molecule is CCC(O)C(C)C1OC1CC(C)/C=C/C=C(\C)C1OC(=O)CC(O)CCC(C)(O)C(OC(=O)CN2CCOCC2)/C=C\C1C. The number of carbonyl (C=O) groups is 2. The molecule has 3 aliphatic heterocycles. The lowest BCUT2D eigenvalue weighted by atomic mass is 9.88. The molecule has 3 N–H and O–H groups in total. The van der Waals surface area contributed by atoms with Crippen LogP contribution in [0.1, 0.15) is 73.6 Å². The van der Waals surface area contributed by atoms with Gasteiger partial charge in [0.2, 0.25) is 0 Å². The number of nitrogens with zero attached hydrogens (tertiary/aromatic N) is 1. The fraction of sp³-hybridized carbons (Fsp3) is 0.765. The standard InChI is InChI=1S/C34H55NO9/c1-7-27(37)25(5)33-28(42-33)19-22(2)9-8-10-23(3)32-24(4)11-12-29(43-31(39)21-35-15-17-41-18-16-35)34(6,40)14-13-26(36)20-30(38)44-32/h8-12,22,24-29,32-33,36-37,40H,7,13-21H2,1-6H3/b9-8+,12-11-,23-10+. The van der Waals surface area contributed by atoms with E-state index < -0.39 is 35.9 Å². The Hall–Kier alpha value is -2.08.